The van der Waals surface area contributed by atoms with Crippen molar-refractivity contribution in [3.8, 4) is 11.4 Å². The van der Waals surface area contributed by atoms with E-state index in [-0.39, 0.29) is 5.57 Å². The van der Waals surface area contributed by atoms with Gasteiger partial charge in [-0.25, -0.2) is 14.8 Å². The molecule has 0 bridgehead atoms. The second kappa shape index (κ2) is 7.94. The molecule has 0 saturated heterocycles. The number of carboxylic acids is 1. The van der Waals surface area contributed by atoms with Gasteiger partial charge in [0.05, 0.1) is 17.0 Å². The van der Waals surface area contributed by atoms with Gasteiger partial charge in [0.2, 0.25) is 0 Å². The molecule has 3 aromatic rings. The molecule has 2 aromatic heterocycles. The summed E-state index contributed by atoms with van der Waals surface area (Å²) in [6.45, 7) is 9.42. The summed E-state index contributed by atoms with van der Waals surface area (Å²) in [4.78, 5) is 20.6. The minimum atomic E-state index is -1.06. The third-order valence-corrected chi connectivity index (χ3v) is 5.04. The Morgan fingerprint density at radius 3 is 2.50 bits per heavy atom. The van der Waals surface area contributed by atoms with Gasteiger partial charge >= 0.3 is 5.97 Å². The van der Waals surface area contributed by atoms with E-state index in [1.807, 2.05) is 67.8 Å². The fourth-order valence-electron chi connectivity index (χ4n) is 3.03. The third kappa shape index (κ3) is 3.68. The maximum Gasteiger partial charge on any atom is 0.335 e. The van der Waals surface area contributed by atoms with Gasteiger partial charge < -0.3 is 5.11 Å². The van der Waals surface area contributed by atoms with E-state index in [0.717, 1.165) is 33.7 Å². The van der Waals surface area contributed by atoms with Crippen LogP contribution in [0.5, 0.6) is 0 Å². The average molecular weight is 438 g/mol. The van der Waals surface area contributed by atoms with Crippen molar-refractivity contribution in [3.63, 3.8) is 0 Å². The lowest BCUT2D eigenvalue weighted by Gasteiger charge is -2.13. The molecule has 0 fully saturated rings. The minimum absolute atomic E-state index is 0.00359. The Morgan fingerprint density at radius 2 is 1.89 bits per heavy atom. The Hall–Kier alpha value is -2.99. The van der Waals surface area contributed by atoms with Gasteiger partial charge in [0.25, 0.3) is 0 Å². The van der Waals surface area contributed by atoms with Crippen molar-refractivity contribution in [2.75, 3.05) is 0 Å². The maximum absolute atomic E-state index is 11.1. The number of hydrogen-bond acceptors (Lipinski definition) is 3. The lowest BCUT2D eigenvalue weighted by atomic mass is 10.2. The molecule has 1 N–H and O–H groups in total. The molecule has 1 aromatic carbocycles. The first kappa shape index (κ1) is 19.8. The number of allylic oxidation sites excluding steroid dienone is 3. The van der Waals surface area contributed by atoms with Crippen molar-refractivity contribution < 1.29 is 9.90 Å². The molecule has 0 aliphatic rings. The highest BCUT2D eigenvalue weighted by molar-refractivity contribution is 9.12. The fraction of sp³-hybridized carbons (Fsp3) is 0.136. The summed E-state index contributed by atoms with van der Waals surface area (Å²) in [5, 5.41) is 10.1. The van der Waals surface area contributed by atoms with Gasteiger partial charge in [-0.05, 0) is 48.8 Å². The molecule has 0 radical (unpaired) electrons. The minimum Gasteiger partial charge on any atom is -0.478 e. The van der Waals surface area contributed by atoms with E-state index in [9.17, 15) is 4.79 Å². The summed E-state index contributed by atoms with van der Waals surface area (Å²) in [6.07, 6.45) is 3.40. The monoisotopic (exact) mass is 437 g/mol. The predicted molar refractivity (Wildman–Crippen MR) is 116 cm³/mol. The average Bonchev–Trinajstić information content (AvgIpc) is 3.00. The lowest BCUT2D eigenvalue weighted by molar-refractivity contribution is -0.132. The van der Waals surface area contributed by atoms with Crippen molar-refractivity contribution in [2.45, 2.75) is 20.8 Å². The number of rotatable bonds is 5. The highest BCUT2D eigenvalue weighted by Crippen LogP contribution is 2.32. The Morgan fingerprint density at radius 1 is 1.21 bits per heavy atom. The van der Waals surface area contributed by atoms with E-state index >= 15 is 0 Å². The molecule has 3 rings (SSSR count). The Balaban J connectivity index is 2.23. The number of nitrogens with zero attached hydrogens (tertiary/aromatic N) is 3. The Bertz CT molecular complexity index is 1140. The van der Waals surface area contributed by atoms with E-state index in [1.165, 1.54) is 6.08 Å². The Labute approximate surface area is 171 Å². The first-order chi connectivity index (χ1) is 13.3. The molecular weight excluding hydrogens is 418 g/mol. The van der Waals surface area contributed by atoms with Gasteiger partial charge in [0.1, 0.15) is 5.65 Å². The van der Waals surface area contributed by atoms with E-state index in [0.29, 0.717) is 10.3 Å². The molecular formula is C22H20BrN3O2. The Kier molecular flexibility index (Phi) is 5.61. The van der Waals surface area contributed by atoms with Gasteiger partial charge in [-0.2, -0.15) is 0 Å². The topological polar surface area (TPSA) is 68.0 Å². The molecule has 0 aliphatic heterocycles. The summed E-state index contributed by atoms with van der Waals surface area (Å²) in [5.74, 6) is -0.415. The van der Waals surface area contributed by atoms with Crippen LogP contribution < -0.4 is 0 Å². The molecule has 0 unspecified atom stereocenters. The van der Waals surface area contributed by atoms with Crippen molar-refractivity contribution in [2.24, 2.45) is 0 Å². The highest BCUT2D eigenvalue weighted by Gasteiger charge is 2.17. The summed E-state index contributed by atoms with van der Waals surface area (Å²) in [6, 6.07) is 11.9. The molecule has 2 heterocycles. The van der Waals surface area contributed by atoms with E-state index in [4.69, 9.17) is 10.1 Å². The van der Waals surface area contributed by atoms with Crippen LogP contribution in [0.25, 0.3) is 28.1 Å². The quantitative estimate of drug-likeness (QED) is 0.422. The number of aryl methyl sites for hydroxylation is 2. The van der Waals surface area contributed by atoms with Crippen LogP contribution in [-0.4, -0.2) is 25.6 Å². The molecule has 0 amide bonds. The third-order valence-electron chi connectivity index (χ3n) is 4.40. The zero-order chi connectivity index (χ0) is 20.4. The van der Waals surface area contributed by atoms with Gasteiger partial charge in [-0.1, -0.05) is 43.0 Å². The number of carboxylic acid groups (broad SMARTS) is 1. The summed E-state index contributed by atoms with van der Waals surface area (Å²) in [5.41, 5.74) is 4.34. The number of halogens is 1. The fourth-order valence-corrected chi connectivity index (χ4v) is 3.71. The molecule has 28 heavy (non-hydrogen) atoms. The van der Waals surface area contributed by atoms with Crippen LogP contribution >= 0.6 is 15.9 Å². The standard InChI is InChI=1S/C22H20BrN3O2/c1-5-19(18(23)11-13(2)22(27)28)26-14(3)12-17-15(4)24-20(25-21(17)26)16-9-7-6-8-10-16/h5-12H,2H2,1,3-4H3,(H,27,28)/b18-11+,19-5+. The second-order valence-corrected chi connectivity index (χ2v) is 7.21. The molecule has 0 spiro atoms. The number of fused-ring (bicyclic) bond motifs is 1. The molecule has 0 aliphatic carbocycles. The maximum atomic E-state index is 11.1. The predicted octanol–water partition coefficient (Wildman–Crippen LogP) is 5.50. The van der Waals surface area contributed by atoms with Gasteiger partial charge in [-0.3, -0.25) is 4.57 Å². The van der Waals surface area contributed by atoms with Crippen molar-refractivity contribution >= 4 is 38.6 Å². The zero-order valence-electron chi connectivity index (χ0n) is 15.9. The van der Waals surface area contributed by atoms with E-state index in [1.54, 1.807) is 0 Å². The SMILES string of the molecule is C=C(/C=C(Br)\C(=C/C)n1c(C)cc2c(C)nc(-c3ccccc3)nc21)C(=O)O. The van der Waals surface area contributed by atoms with Crippen LogP contribution in [-0.2, 0) is 4.79 Å². The van der Waals surface area contributed by atoms with Crippen molar-refractivity contribution in [1.82, 2.24) is 14.5 Å². The first-order valence-corrected chi connectivity index (χ1v) is 9.51. The van der Waals surface area contributed by atoms with Crippen molar-refractivity contribution in [3.05, 3.63) is 76.6 Å². The second-order valence-electron chi connectivity index (χ2n) is 6.35. The summed E-state index contributed by atoms with van der Waals surface area (Å²) < 4.78 is 2.60. The largest absolute Gasteiger partial charge is 0.478 e. The highest BCUT2D eigenvalue weighted by atomic mass is 79.9. The van der Waals surface area contributed by atoms with Crippen LogP contribution in [0.3, 0.4) is 0 Å². The van der Waals surface area contributed by atoms with E-state index in [2.05, 4.69) is 27.5 Å². The number of aliphatic carboxylic acids is 1. The van der Waals surface area contributed by atoms with Crippen LogP contribution in [0.2, 0.25) is 0 Å². The van der Waals surface area contributed by atoms with Crippen LogP contribution in [0.1, 0.15) is 18.3 Å². The number of aromatic nitrogens is 3. The van der Waals surface area contributed by atoms with Gasteiger partial charge in [0.15, 0.2) is 5.82 Å². The first-order valence-electron chi connectivity index (χ1n) is 8.72. The molecule has 6 heteroatoms. The number of carbonyl (C=O) groups is 1. The smallest absolute Gasteiger partial charge is 0.335 e. The van der Waals surface area contributed by atoms with Gasteiger partial charge in [-0.15, -0.1) is 0 Å². The number of benzene rings is 1. The van der Waals surface area contributed by atoms with Gasteiger partial charge in [0, 0.05) is 21.1 Å². The summed E-state index contributed by atoms with van der Waals surface area (Å²) >= 11 is 3.50. The molecule has 0 atom stereocenters. The number of hydrogen-bond donors (Lipinski definition) is 1. The molecule has 0 saturated carbocycles. The van der Waals surface area contributed by atoms with Crippen LogP contribution in [0.4, 0.5) is 0 Å². The summed E-state index contributed by atoms with van der Waals surface area (Å²) in [7, 11) is 0. The van der Waals surface area contributed by atoms with Crippen molar-refractivity contribution in [1.29, 1.82) is 0 Å². The van der Waals surface area contributed by atoms with Crippen LogP contribution in [0, 0.1) is 13.8 Å². The van der Waals surface area contributed by atoms with Crippen LogP contribution in [0.15, 0.2) is 65.2 Å². The van der Waals surface area contributed by atoms with E-state index < -0.39 is 5.97 Å². The lowest BCUT2D eigenvalue weighted by Crippen LogP contribution is -2.04. The molecule has 142 valence electrons. The molecule has 5 nitrogen and oxygen atoms in total. The zero-order valence-corrected chi connectivity index (χ0v) is 17.5. The normalized spacial score (nSPS) is 12.4.